The van der Waals surface area contributed by atoms with Crippen molar-refractivity contribution in [1.29, 1.82) is 0 Å². The molecule has 2 aromatic carbocycles. The molecule has 0 radical (unpaired) electrons. The molecule has 0 spiro atoms. The zero-order valence-electron chi connectivity index (χ0n) is 38.8. The fourth-order valence-corrected chi connectivity index (χ4v) is 7.85. The van der Waals surface area contributed by atoms with Gasteiger partial charge in [0.25, 0.3) is 0 Å². The number of unbranched alkanes of at least 4 members (excludes halogenated alkanes) is 12. The Morgan fingerprint density at radius 1 is 0.769 bits per heavy atom. The maximum Gasteiger partial charge on any atom is 0.326 e. The normalized spacial score (nSPS) is 17.1. The number of carboxylic acids is 1. The van der Waals surface area contributed by atoms with Crippen LogP contribution >= 0.6 is 0 Å². The first-order chi connectivity index (χ1) is 31.0. The van der Waals surface area contributed by atoms with Gasteiger partial charge in [-0.15, -0.1) is 0 Å². The third kappa shape index (κ3) is 17.3. The summed E-state index contributed by atoms with van der Waals surface area (Å²) in [4.78, 5) is 93.9. The van der Waals surface area contributed by atoms with Crippen molar-refractivity contribution in [3.63, 3.8) is 0 Å². The van der Waals surface area contributed by atoms with Gasteiger partial charge in [-0.1, -0.05) is 96.1 Å². The number of fused-ring (bicyclic) bond motifs is 5. The molecule has 0 fully saturated rings. The number of aliphatic hydroxyl groups excluding tert-OH is 1. The highest BCUT2D eigenvalue weighted by Gasteiger charge is 2.33. The molecule has 8 N–H and O–H groups in total. The Hall–Kier alpha value is -5.71. The fraction of sp³-hybridized carbons (Fsp3) is 0.604. The van der Waals surface area contributed by atoms with Crippen molar-refractivity contribution < 1.29 is 54.0 Å². The third-order valence-corrected chi connectivity index (χ3v) is 12.1. The Kier molecular flexibility index (Phi) is 22.8. The predicted molar refractivity (Wildman–Crippen MR) is 245 cm³/mol. The molecule has 4 bridgehead atoms. The lowest BCUT2D eigenvalue weighted by Gasteiger charge is -2.30. The molecule has 0 saturated heterocycles. The number of amides is 6. The van der Waals surface area contributed by atoms with E-state index >= 15 is 0 Å². The van der Waals surface area contributed by atoms with E-state index in [1.165, 1.54) is 120 Å². The van der Waals surface area contributed by atoms with Crippen molar-refractivity contribution in [3.8, 4) is 22.6 Å². The van der Waals surface area contributed by atoms with Crippen LogP contribution in [0.4, 0.5) is 0 Å². The molecule has 1 aliphatic rings. The Morgan fingerprint density at radius 2 is 1.34 bits per heavy atom. The third-order valence-electron chi connectivity index (χ3n) is 12.1. The number of likely N-dealkylation sites (N-methyl/N-ethyl adjacent to an activating group) is 2. The highest BCUT2D eigenvalue weighted by molar-refractivity contribution is 5.95. The average molecular weight is 909 g/mol. The molecule has 0 aromatic heterocycles. The van der Waals surface area contributed by atoms with Crippen molar-refractivity contribution >= 4 is 41.4 Å². The van der Waals surface area contributed by atoms with Crippen molar-refractivity contribution in [2.75, 3.05) is 27.2 Å². The number of carbonyl (C=O) groups is 7. The van der Waals surface area contributed by atoms with E-state index in [2.05, 4.69) is 28.2 Å². The summed E-state index contributed by atoms with van der Waals surface area (Å²) in [6.45, 7) is 4.05. The number of aliphatic carboxylic acids is 1. The summed E-state index contributed by atoms with van der Waals surface area (Å²) < 4.78 is 0. The summed E-state index contributed by atoms with van der Waals surface area (Å²) in [7, 11) is 2.90. The van der Waals surface area contributed by atoms with Gasteiger partial charge < -0.3 is 51.5 Å². The van der Waals surface area contributed by atoms with Crippen LogP contribution in [0.25, 0.3) is 11.1 Å². The maximum absolute atomic E-state index is 13.9. The summed E-state index contributed by atoms with van der Waals surface area (Å²) in [5, 5.41) is 51.4. The Labute approximate surface area is 383 Å². The number of phenolic OH excluding ortho intramolecular Hbond substituents is 2. The Morgan fingerprint density at radius 3 is 1.92 bits per heavy atom. The molecule has 17 nitrogen and oxygen atoms in total. The van der Waals surface area contributed by atoms with Crippen LogP contribution in [0.3, 0.4) is 0 Å². The highest BCUT2D eigenvalue weighted by atomic mass is 16.4. The standard InChI is InChI=1S/C48H72N6O11/c1-6-7-8-9-10-11-12-13-14-15-16-17-18-19-42(59)53(4)35(30-55)22-25-41(58)50-31(2)45(61)49-29-43(60)54(5)44-34-21-24-40(57)37(28-34)36-26-33(20-23-39(36)56)27-38(48(64)65)52-46(62)32(3)51-47(44)63/h20-21,23-24,26,28,31-32,35,38,44,55-57H,6-19,22,25,27,29-30H2,1-5H3,(H,49,61)(H,50,58)(H,51,63)(H,52,62)(H,64,65)/t31-,32-,35+,38-,44?/m0/s1. The molecular weight excluding hydrogens is 837 g/mol. The van der Waals surface area contributed by atoms with Gasteiger partial charge in [0.1, 0.15) is 35.7 Å². The summed E-state index contributed by atoms with van der Waals surface area (Å²) in [5.41, 5.74) is 0.766. The van der Waals surface area contributed by atoms with E-state index in [1.54, 1.807) is 7.05 Å². The number of phenols is 2. The van der Waals surface area contributed by atoms with Crippen LogP contribution in [-0.2, 0) is 40.0 Å². The second-order valence-electron chi connectivity index (χ2n) is 17.2. The van der Waals surface area contributed by atoms with Crippen LogP contribution < -0.4 is 21.3 Å². The molecule has 360 valence electrons. The van der Waals surface area contributed by atoms with Crippen LogP contribution in [0.2, 0.25) is 0 Å². The van der Waals surface area contributed by atoms with Crippen molar-refractivity contribution in [3.05, 3.63) is 47.5 Å². The first-order valence-electron chi connectivity index (χ1n) is 23.2. The molecule has 2 aromatic rings. The van der Waals surface area contributed by atoms with E-state index in [0.717, 1.165) is 30.6 Å². The molecule has 1 aliphatic heterocycles. The lowest BCUT2D eigenvalue weighted by atomic mass is 9.94. The van der Waals surface area contributed by atoms with Gasteiger partial charge in [0.15, 0.2) is 0 Å². The van der Waals surface area contributed by atoms with Crippen LogP contribution in [-0.4, -0.2) is 123 Å². The maximum atomic E-state index is 13.9. The predicted octanol–water partition coefficient (Wildman–Crippen LogP) is 4.60. The van der Waals surface area contributed by atoms with Gasteiger partial charge in [-0.05, 0) is 62.1 Å². The van der Waals surface area contributed by atoms with Gasteiger partial charge in [-0.3, -0.25) is 28.8 Å². The van der Waals surface area contributed by atoms with Crippen LogP contribution in [0.1, 0.15) is 141 Å². The Bertz CT molecular complexity index is 1930. The van der Waals surface area contributed by atoms with E-state index < -0.39 is 72.3 Å². The van der Waals surface area contributed by atoms with E-state index in [0.29, 0.717) is 12.0 Å². The summed E-state index contributed by atoms with van der Waals surface area (Å²) in [5.74, 6) is -5.62. The average Bonchev–Trinajstić information content (AvgIpc) is 3.27. The van der Waals surface area contributed by atoms with Gasteiger partial charge in [0.05, 0.1) is 19.2 Å². The van der Waals surface area contributed by atoms with Gasteiger partial charge in [0.2, 0.25) is 35.4 Å². The quantitative estimate of drug-likeness (QED) is 0.0640. The zero-order valence-corrected chi connectivity index (χ0v) is 38.8. The summed E-state index contributed by atoms with van der Waals surface area (Å²) in [6, 6.07) is 2.50. The van der Waals surface area contributed by atoms with Gasteiger partial charge in [0, 0.05) is 44.5 Å². The number of aliphatic hydroxyl groups is 1. The monoisotopic (exact) mass is 909 g/mol. The largest absolute Gasteiger partial charge is 0.507 e. The first kappa shape index (κ1) is 53.6. The van der Waals surface area contributed by atoms with E-state index in [4.69, 9.17) is 0 Å². The van der Waals surface area contributed by atoms with E-state index in [9.17, 15) is 54.0 Å². The summed E-state index contributed by atoms with van der Waals surface area (Å²) >= 11 is 0. The van der Waals surface area contributed by atoms with Crippen LogP contribution in [0.15, 0.2) is 36.4 Å². The molecule has 5 atom stereocenters. The molecule has 6 amide bonds. The molecular formula is C48H72N6O11. The second kappa shape index (κ2) is 27.6. The number of nitrogens with zero attached hydrogens (tertiary/aromatic N) is 2. The van der Waals surface area contributed by atoms with E-state index in [-0.39, 0.29) is 60.0 Å². The second-order valence-corrected chi connectivity index (χ2v) is 17.2. The number of aromatic hydroxyl groups is 2. The van der Waals surface area contributed by atoms with Gasteiger partial charge >= 0.3 is 5.97 Å². The SMILES string of the molecule is CCCCCCCCCCCCCCCC(=O)N(C)[C@@H](CO)CCC(=O)N[C@@H](C)C(=O)NCC(=O)N(C)C1C(=O)N[C@@H](C)C(=O)N[C@H](C(=O)O)Cc2ccc(O)c(c2)-c2cc1ccc2O. The molecule has 1 heterocycles. The first-order valence-corrected chi connectivity index (χ1v) is 23.2. The lowest BCUT2D eigenvalue weighted by Crippen LogP contribution is -2.54. The minimum Gasteiger partial charge on any atom is -0.507 e. The number of nitrogens with one attached hydrogen (secondary N) is 4. The molecule has 65 heavy (non-hydrogen) atoms. The summed E-state index contributed by atoms with van der Waals surface area (Å²) in [6.07, 6.45) is 15.9. The number of rotatable bonds is 25. The Balaban J connectivity index is 1.54. The minimum atomic E-state index is -1.45. The number of hydrogen-bond donors (Lipinski definition) is 8. The van der Waals surface area contributed by atoms with Crippen LogP contribution in [0.5, 0.6) is 11.5 Å². The van der Waals surface area contributed by atoms with Crippen molar-refractivity contribution in [2.45, 2.75) is 160 Å². The molecule has 3 rings (SSSR count). The van der Waals surface area contributed by atoms with Crippen molar-refractivity contribution in [2.24, 2.45) is 0 Å². The number of benzene rings is 2. The number of hydrogen-bond acceptors (Lipinski definition) is 10. The highest BCUT2D eigenvalue weighted by Crippen LogP contribution is 2.38. The van der Waals surface area contributed by atoms with Gasteiger partial charge in [-0.25, -0.2) is 4.79 Å². The smallest absolute Gasteiger partial charge is 0.326 e. The minimum absolute atomic E-state index is 0.0768. The van der Waals surface area contributed by atoms with Crippen LogP contribution in [0, 0.1) is 0 Å². The molecule has 1 unspecified atom stereocenters. The topological polar surface area (TPSA) is 255 Å². The molecule has 0 saturated carbocycles. The fourth-order valence-electron chi connectivity index (χ4n) is 7.85. The molecule has 17 heteroatoms. The number of carbonyl (C=O) groups excluding carboxylic acids is 6. The number of carboxylic acid groups (broad SMARTS) is 1. The lowest BCUT2D eigenvalue weighted by molar-refractivity contribution is -0.143. The zero-order chi connectivity index (χ0) is 48.1. The van der Waals surface area contributed by atoms with Crippen molar-refractivity contribution in [1.82, 2.24) is 31.1 Å². The molecule has 0 aliphatic carbocycles. The van der Waals surface area contributed by atoms with Gasteiger partial charge in [-0.2, -0.15) is 0 Å². The van der Waals surface area contributed by atoms with E-state index in [1.807, 2.05) is 0 Å².